The number of hydrogen-bond acceptors (Lipinski definition) is 5. The molecule has 2 aromatic rings. The number of nitrogens with zero attached hydrogens (tertiary/aromatic N) is 1. The number of likely N-dealkylation sites (tertiary alicyclic amines) is 1. The van der Waals surface area contributed by atoms with E-state index in [9.17, 15) is 10.2 Å². The largest absolute Gasteiger partial charge is 0.493 e. The van der Waals surface area contributed by atoms with E-state index in [1.54, 1.807) is 7.11 Å². The van der Waals surface area contributed by atoms with Crippen LogP contribution in [0.4, 0.5) is 0 Å². The van der Waals surface area contributed by atoms with E-state index in [1.807, 2.05) is 43.3 Å². The Kier molecular flexibility index (Phi) is 5.32. The van der Waals surface area contributed by atoms with Gasteiger partial charge in [-0.3, -0.25) is 4.90 Å². The minimum absolute atomic E-state index is 0.113. The van der Waals surface area contributed by atoms with E-state index in [-0.39, 0.29) is 23.9 Å². The van der Waals surface area contributed by atoms with Crippen molar-refractivity contribution in [1.29, 1.82) is 0 Å². The quantitative estimate of drug-likeness (QED) is 0.769. The number of aliphatic hydroxyl groups excluding tert-OH is 2. The predicted molar refractivity (Wildman–Crippen MR) is 108 cm³/mol. The Morgan fingerprint density at radius 3 is 2.64 bits per heavy atom. The van der Waals surface area contributed by atoms with Crippen LogP contribution in [-0.4, -0.2) is 61.2 Å². The molecule has 1 heterocycles. The van der Waals surface area contributed by atoms with Gasteiger partial charge in [-0.2, -0.15) is 0 Å². The molecule has 1 aliphatic heterocycles. The summed E-state index contributed by atoms with van der Waals surface area (Å²) in [5.74, 6) is 1.82. The number of ether oxygens (including phenoxy) is 2. The van der Waals surface area contributed by atoms with Crippen molar-refractivity contribution >= 4 is 0 Å². The molecule has 2 fully saturated rings. The summed E-state index contributed by atoms with van der Waals surface area (Å²) in [4.78, 5) is 2.25. The zero-order chi connectivity index (χ0) is 19.7. The Morgan fingerprint density at radius 2 is 1.93 bits per heavy atom. The van der Waals surface area contributed by atoms with Crippen molar-refractivity contribution < 1.29 is 19.7 Å². The molecule has 5 heteroatoms. The highest BCUT2D eigenvalue weighted by Crippen LogP contribution is 2.68. The zero-order valence-electron chi connectivity index (χ0n) is 16.5. The molecule has 150 valence electrons. The molecule has 1 spiro atoms. The number of benzene rings is 2. The van der Waals surface area contributed by atoms with Gasteiger partial charge < -0.3 is 19.7 Å². The molecule has 0 amide bonds. The first-order valence-corrected chi connectivity index (χ1v) is 9.94. The third-order valence-corrected chi connectivity index (χ3v) is 6.45. The number of β-amino-alcohol motifs (C(OH)–C–C–N with tert-alkyl or cyclic N) is 1. The van der Waals surface area contributed by atoms with E-state index in [2.05, 4.69) is 17.0 Å². The monoisotopic (exact) mass is 383 g/mol. The summed E-state index contributed by atoms with van der Waals surface area (Å²) in [6.45, 7) is 4.80. The molecule has 2 aliphatic rings. The Labute approximate surface area is 166 Å². The summed E-state index contributed by atoms with van der Waals surface area (Å²) in [7, 11) is 1.65. The second-order valence-corrected chi connectivity index (χ2v) is 8.04. The van der Waals surface area contributed by atoms with Gasteiger partial charge in [-0.05, 0) is 42.0 Å². The van der Waals surface area contributed by atoms with Gasteiger partial charge in [0.05, 0.1) is 13.2 Å². The van der Waals surface area contributed by atoms with Gasteiger partial charge in [0.1, 0.15) is 6.61 Å². The van der Waals surface area contributed by atoms with Crippen LogP contribution in [0.2, 0.25) is 0 Å². The molecular weight excluding hydrogens is 354 g/mol. The minimum Gasteiger partial charge on any atom is -0.493 e. The highest BCUT2D eigenvalue weighted by atomic mass is 16.5. The average molecular weight is 383 g/mol. The van der Waals surface area contributed by atoms with Crippen LogP contribution in [0, 0.1) is 18.3 Å². The molecule has 2 aromatic carbocycles. The fourth-order valence-corrected chi connectivity index (χ4v) is 5.01. The molecule has 28 heavy (non-hydrogen) atoms. The van der Waals surface area contributed by atoms with Crippen LogP contribution in [-0.2, 0) is 0 Å². The van der Waals surface area contributed by atoms with Crippen LogP contribution in [0.25, 0.3) is 0 Å². The van der Waals surface area contributed by atoms with Crippen molar-refractivity contribution in [1.82, 2.24) is 4.90 Å². The third-order valence-electron chi connectivity index (χ3n) is 6.45. The highest BCUT2D eigenvalue weighted by molar-refractivity contribution is 5.42. The molecule has 2 N–H and O–H groups in total. The molecule has 0 bridgehead atoms. The molecular formula is C23H29NO4. The Balaban J connectivity index is 1.38. The molecule has 0 unspecified atom stereocenters. The smallest absolute Gasteiger partial charge is 0.161 e. The van der Waals surface area contributed by atoms with Crippen LogP contribution in [0.1, 0.15) is 17.0 Å². The lowest BCUT2D eigenvalue weighted by Gasteiger charge is -2.17. The van der Waals surface area contributed by atoms with Crippen LogP contribution >= 0.6 is 0 Å². The van der Waals surface area contributed by atoms with Gasteiger partial charge in [0.25, 0.3) is 0 Å². The molecule has 1 aliphatic carbocycles. The van der Waals surface area contributed by atoms with E-state index in [0.29, 0.717) is 13.2 Å². The lowest BCUT2D eigenvalue weighted by Crippen LogP contribution is -2.27. The first-order valence-electron chi connectivity index (χ1n) is 9.94. The lowest BCUT2D eigenvalue weighted by atomic mass is 9.95. The number of aliphatic hydroxyl groups is 2. The highest BCUT2D eigenvalue weighted by Gasteiger charge is 2.70. The van der Waals surface area contributed by atoms with E-state index in [1.165, 1.54) is 5.56 Å². The van der Waals surface area contributed by atoms with Crippen molar-refractivity contribution in [3.05, 3.63) is 59.7 Å². The average Bonchev–Trinajstić information content (AvgIpc) is 3.25. The molecule has 0 aromatic heterocycles. The van der Waals surface area contributed by atoms with E-state index in [0.717, 1.165) is 30.2 Å². The second-order valence-electron chi connectivity index (χ2n) is 8.04. The fraction of sp³-hybridized carbons (Fsp3) is 0.478. The maximum absolute atomic E-state index is 10.8. The fourth-order valence-electron chi connectivity index (χ4n) is 5.01. The SMILES string of the molecule is COc1cc(C)ccc1OCCN1C[C@H](O)[C@@]2(C1)[C@H](CO)[C@H]2c1ccccc1. The molecule has 5 nitrogen and oxygen atoms in total. The Morgan fingerprint density at radius 1 is 1.14 bits per heavy atom. The van der Waals surface area contributed by atoms with Gasteiger partial charge in [-0.15, -0.1) is 0 Å². The van der Waals surface area contributed by atoms with E-state index < -0.39 is 6.10 Å². The molecule has 4 atom stereocenters. The van der Waals surface area contributed by atoms with Crippen LogP contribution in [0.15, 0.2) is 48.5 Å². The summed E-state index contributed by atoms with van der Waals surface area (Å²) in [5.41, 5.74) is 2.10. The number of methoxy groups -OCH3 is 1. The number of hydrogen-bond donors (Lipinski definition) is 2. The molecule has 1 saturated carbocycles. The van der Waals surface area contributed by atoms with Crippen molar-refractivity contribution in [3.8, 4) is 11.5 Å². The Hall–Kier alpha value is -2.08. The van der Waals surface area contributed by atoms with Gasteiger partial charge in [-0.25, -0.2) is 0 Å². The van der Waals surface area contributed by atoms with Gasteiger partial charge in [0.15, 0.2) is 11.5 Å². The topological polar surface area (TPSA) is 62.2 Å². The third kappa shape index (κ3) is 3.28. The predicted octanol–water partition coefficient (Wildman–Crippen LogP) is 2.45. The number of rotatable bonds is 7. The van der Waals surface area contributed by atoms with Gasteiger partial charge >= 0.3 is 0 Å². The summed E-state index contributed by atoms with van der Waals surface area (Å²) >= 11 is 0. The summed E-state index contributed by atoms with van der Waals surface area (Å²) < 4.78 is 11.3. The van der Waals surface area contributed by atoms with Gasteiger partial charge in [0, 0.05) is 31.7 Å². The van der Waals surface area contributed by atoms with Crippen molar-refractivity contribution in [2.24, 2.45) is 11.3 Å². The maximum Gasteiger partial charge on any atom is 0.161 e. The van der Waals surface area contributed by atoms with E-state index >= 15 is 0 Å². The first-order chi connectivity index (χ1) is 13.6. The van der Waals surface area contributed by atoms with Crippen molar-refractivity contribution in [2.45, 2.75) is 18.9 Å². The van der Waals surface area contributed by atoms with Gasteiger partial charge in [0.2, 0.25) is 0 Å². The first kappa shape index (κ1) is 19.2. The zero-order valence-corrected chi connectivity index (χ0v) is 16.5. The van der Waals surface area contributed by atoms with Crippen molar-refractivity contribution in [2.75, 3.05) is 40.0 Å². The van der Waals surface area contributed by atoms with Crippen LogP contribution < -0.4 is 9.47 Å². The molecule has 0 radical (unpaired) electrons. The van der Waals surface area contributed by atoms with Crippen LogP contribution in [0.3, 0.4) is 0 Å². The van der Waals surface area contributed by atoms with Crippen LogP contribution in [0.5, 0.6) is 11.5 Å². The lowest BCUT2D eigenvalue weighted by molar-refractivity contribution is 0.111. The van der Waals surface area contributed by atoms with Gasteiger partial charge in [-0.1, -0.05) is 36.4 Å². The summed E-state index contributed by atoms with van der Waals surface area (Å²) in [6.07, 6.45) is -0.427. The summed E-state index contributed by atoms with van der Waals surface area (Å²) in [6, 6.07) is 16.2. The summed E-state index contributed by atoms with van der Waals surface area (Å²) in [5, 5.41) is 20.7. The Bertz CT molecular complexity index is 812. The number of aryl methyl sites for hydroxylation is 1. The molecule has 1 saturated heterocycles. The van der Waals surface area contributed by atoms with Crippen molar-refractivity contribution in [3.63, 3.8) is 0 Å². The second kappa shape index (κ2) is 7.74. The molecule has 4 rings (SSSR count). The normalized spacial score (nSPS) is 29.2. The minimum atomic E-state index is -0.427. The van der Waals surface area contributed by atoms with E-state index in [4.69, 9.17) is 9.47 Å². The standard InChI is InChI=1S/C23H29NO4/c1-16-8-9-19(20(12-16)27-2)28-11-10-24-13-21(26)23(15-24)18(14-25)22(23)17-6-4-3-5-7-17/h3-9,12,18,21-22,25-26H,10-11,13-15H2,1-2H3/t18-,21+,22-,23-/m1/s1. The maximum atomic E-state index is 10.8.